The summed E-state index contributed by atoms with van der Waals surface area (Å²) >= 11 is 0. The molecule has 0 bridgehead atoms. The van der Waals surface area contributed by atoms with Gasteiger partial charge in [-0.15, -0.1) is 0 Å². The maximum atomic E-state index is 13.0. The first-order chi connectivity index (χ1) is 13.3. The molecule has 2 atom stereocenters. The second-order valence-electron chi connectivity index (χ2n) is 7.75. The molecule has 2 rings (SSSR count). The van der Waals surface area contributed by atoms with Gasteiger partial charge in [0.15, 0.2) is 6.10 Å². The van der Waals surface area contributed by atoms with Gasteiger partial charge in [0.05, 0.1) is 13.2 Å². The average molecular weight is 384 g/mol. The van der Waals surface area contributed by atoms with Gasteiger partial charge in [-0.3, -0.25) is 4.79 Å². The molecule has 0 fully saturated rings. The van der Waals surface area contributed by atoms with Crippen LogP contribution in [0.2, 0.25) is 0 Å². The minimum absolute atomic E-state index is 0.0605. The zero-order valence-electron chi connectivity index (χ0n) is 17.9. The van der Waals surface area contributed by atoms with E-state index in [0.29, 0.717) is 12.3 Å². The lowest BCUT2D eigenvalue weighted by Crippen LogP contribution is -2.40. The van der Waals surface area contributed by atoms with Gasteiger partial charge in [-0.05, 0) is 67.5 Å². The van der Waals surface area contributed by atoms with Crippen molar-refractivity contribution >= 4 is 5.91 Å². The molecule has 0 spiro atoms. The number of hydrogen-bond donors (Lipinski definition) is 1. The average Bonchev–Trinajstić information content (AvgIpc) is 2.67. The molecule has 2 aromatic carbocycles. The molecule has 0 heterocycles. The van der Waals surface area contributed by atoms with Gasteiger partial charge < -0.3 is 14.8 Å². The first kappa shape index (κ1) is 21.8. The van der Waals surface area contributed by atoms with Gasteiger partial charge in [-0.1, -0.05) is 45.0 Å². The molecule has 0 aliphatic heterocycles. The van der Waals surface area contributed by atoms with E-state index in [1.807, 2.05) is 63.2 Å². The molecule has 1 N–H and O–H groups in total. The van der Waals surface area contributed by atoms with Gasteiger partial charge in [-0.2, -0.15) is 0 Å². The Hall–Kier alpha value is -2.49. The molecular formula is C24H33NO3. The van der Waals surface area contributed by atoms with Crippen molar-refractivity contribution in [3.63, 3.8) is 0 Å². The third-order valence-corrected chi connectivity index (χ3v) is 4.82. The highest BCUT2D eigenvalue weighted by molar-refractivity contribution is 5.81. The summed E-state index contributed by atoms with van der Waals surface area (Å²) in [6, 6.07) is 13.9. The van der Waals surface area contributed by atoms with Gasteiger partial charge in [0.1, 0.15) is 11.5 Å². The highest BCUT2D eigenvalue weighted by atomic mass is 16.5. The Morgan fingerprint density at radius 2 is 1.75 bits per heavy atom. The number of carbonyl (C=O) groups is 1. The van der Waals surface area contributed by atoms with Crippen LogP contribution in [0.5, 0.6) is 11.5 Å². The number of ether oxygens (including phenoxy) is 2. The van der Waals surface area contributed by atoms with Crippen molar-refractivity contribution in [2.75, 3.05) is 7.11 Å². The summed E-state index contributed by atoms with van der Waals surface area (Å²) in [5, 5.41) is 3.20. The van der Waals surface area contributed by atoms with Crippen LogP contribution >= 0.6 is 0 Å². The minimum atomic E-state index is -0.520. The van der Waals surface area contributed by atoms with E-state index in [1.54, 1.807) is 7.11 Å². The van der Waals surface area contributed by atoms with E-state index in [9.17, 15) is 4.79 Å². The van der Waals surface area contributed by atoms with Crippen molar-refractivity contribution in [3.05, 3.63) is 59.2 Å². The van der Waals surface area contributed by atoms with E-state index in [-0.39, 0.29) is 11.9 Å². The number of carbonyl (C=O) groups excluding carboxylic acids is 1. The lowest BCUT2D eigenvalue weighted by Gasteiger charge is -2.25. The molecule has 152 valence electrons. The fourth-order valence-electron chi connectivity index (χ4n) is 3.16. The fourth-order valence-corrected chi connectivity index (χ4v) is 3.16. The molecule has 4 nitrogen and oxygen atoms in total. The second kappa shape index (κ2) is 10.2. The number of aryl methyl sites for hydroxylation is 2. The minimum Gasteiger partial charge on any atom is -0.497 e. The Kier molecular flexibility index (Phi) is 7.91. The summed E-state index contributed by atoms with van der Waals surface area (Å²) in [6.07, 6.45) is 0.946. The zero-order chi connectivity index (χ0) is 20.7. The van der Waals surface area contributed by atoms with Gasteiger partial charge in [0.25, 0.3) is 5.91 Å². The van der Waals surface area contributed by atoms with E-state index in [0.717, 1.165) is 34.6 Å². The first-order valence-corrected chi connectivity index (χ1v) is 10.0. The van der Waals surface area contributed by atoms with Crippen molar-refractivity contribution in [3.8, 4) is 11.5 Å². The number of rotatable bonds is 9. The molecule has 0 radical (unpaired) electrons. The van der Waals surface area contributed by atoms with E-state index < -0.39 is 6.10 Å². The second-order valence-corrected chi connectivity index (χ2v) is 7.75. The number of methoxy groups -OCH3 is 1. The standard InChI is InChI=1S/C24H33NO3/c1-7-22(28-23-15-17(4)8-9-18(23)5)24(26)25-21(14-16(2)3)19-10-12-20(27-6)13-11-19/h8-13,15-16,21-22H,7,14H2,1-6H3,(H,25,26)/t21-,22-/m1/s1. The van der Waals surface area contributed by atoms with Gasteiger partial charge >= 0.3 is 0 Å². The summed E-state index contributed by atoms with van der Waals surface area (Å²) in [4.78, 5) is 13.0. The maximum absolute atomic E-state index is 13.0. The molecule has 1 amide bonds. The molecule has 0 unspecified atom stereocenters. The molecule has 0 aliphatic carbocycles. The Morgan fingerprint density at radius 3 is 2.32 bits per heavy atom. The van der Waals surface area contributed by atoms with Crippen LogP contribution in [0.15, 0.2) is 42.5 Å². The topological polar surface area (TPSA) is 47.6 Å². The zero-order valence-corrected chi connectivity index (χ0v) is 17.9. The van der Waals surface area contributed by atoms with Crippen molar-refractivity contribution < 1.29 is 14.3 Å². The number of hydrogen-bond acceptors (Lipinski definition) is 3. The van der Waals surface area contributed by atoms with Crippen LogP contribution in [0, 0.1) is 19.8 Å². The highest BCUT2D eigenvalue weighted by Crippen LogP contribution is 2.25. The number of benzene rings is 2. The monoisotopic (exact) mass is 383 g/mol. The summed E-state index contributed by atoms with van der Waals surface area (Å²) < 4.78 is 11.3. The molecule has 2 aromatic rings. The quantitative estimate of drug-likeness (QED) is 0.633. The molecule has 4 heteroatoms. The molecule has 28 heavy (non-hydrogen) atoms. The van der Waals surface area contributed by atoms with Crippen molar-refractivity contribution in [1.82, 2.24) is 5.32 Å². The predicted octanol–water partition coefficient (Wildman–Crippen LogP) is 5.37. The van der Waals surface area contributed by atoms with Gasteiger partial charge in [0.2, 0.25) is 0 Å². The number of amides is 1. The van der Waals surface area contributed by atoms with Crippen molar-refractivity contribution in [1.29, 1.82) is 0 Å². The van der Waals surface area contributed by atoms with Crippen LogP contribution in [-0.4, -0.2) is 19.1 Å². The van der Waals surface area contributed by atoms with Crippen LogP contribution < -0.4 is 14.8 Å². The predicted molar refractivity (Wildman–Crippen MR) is 114 cm³/mol. The van der Waals surface area contributed by atoms with Crippen molar-refractivity contribution in [2.24, 2.45) is 5.92 Å². The van der Waals surface area contributed by atoms with Gasteiger partial charge in [-0.25, -0.2) is 0 Å². The third kappa shape index (κ3) is 6.01. The SMILES string of the molecule is CC[C@@H](Oc1cc(C)ccc1C)C(=O)N[C@H](CC(C)C)c1ccc(OC)cc1. The van der Waals surface area contributed by atoms with E-state index in [4.69, 9.17) is 9.47 Å². The Morgan fingerprint density at radius 1 is 1.07 bits per heavy atom. The first-order valence-electron chi connectivity index (χ1n) is 10.0. The Bertz CT molecular complexity index is 768. The van der Waals surface area contributed by atoms with E-state index in [2.05, 4.69) is 19.2 Å². The summed E-state index contributed by atoms with van der Waals surface area (Å²) in [5.41, 5.74) is 3.22. The van der Waals surface area contributed by atoms with Crippen molar-refractivity contribution in [2.45, 2.75) is 59.6 Å². The number of nitrogens with one attached hydrogen (secondary N) is 1. The van der Waals surface area contributed by atoms with E-state index >= 15 is 0 Å². The van der Waals surface area contributed by atoms with Gasteiger partial charge in [0, 0.05) is 0 Å². The highest BCUT2D eigenvalue weighted by Gasteiger charge is 2.24. The fraction of sp³-hybridized carbons (Fsp3) is 0.458. The molecule has 0 saturated carbocycles. The third-order valence-electron chi connectivity index (χ3n) is 4.82. The van der Waals surface area contributed by atoms with Crippen LogP contribution in [-0.2, 0) is 4.79 Å². The summed E-state index contributed by atoms with van der Waals surface area (Å²) in [5.74, 6) is 1.95. The van der Waals surface area contributed by atoms with E-state index in [1.165, 1.54) is 0 Å². The summed E-state index contributed by atoms with van der Waals surface area (Å²) in [6.45, 7) is 10.3. The van der Waals surface area contributed by atoms with Crippen LogP contribution in [0.25, 0.3) is 0 Å². The Balaban J connectivity index is 2.16. The molecule has 0 aliphatic rings. The smallest absolute Gasteiger partial charge is 0.261 e. The molecular weight excluding hydrogens is 350 g/mol. The molecule has 0 aromatic heterocycles. The maximum Gasteiger partial charge on any atom is 0.261 e. The van der Waals surface area contributed by atoms with Crippen LogP contribution in [0.4, 0.5) is 0 Å². The lowest BCUT2D eigenvalue weighted by atomic mass is 9.96. The normalized spacial score (nSPS) is 13.1. The largest absolute Gasteiger partial charge is 0.497 e. The Labute approximate surface area is 169 Å². The van der Waals surface area contributed by atoms with Crippen LogP contribution in [0.3, 0.4) is 0 Å². The molecule has 0 saturated heterocycles. The summed E-state index contributed by atoms with van der Waals surface area (Å²) in [7, 11) is 1.65. The van der Waals surface area contributed by atoms with Crippen LogP contribution in [0.1, 0.15) is 56.3 Å². The lowest BCUT2D eigenvalue weighted by molar-refractivity contribution is -0.129.